The number of hydrogen-bond acceptors (Lipinski definition) is 5. The van der Waals surface area contributed by atoms with Gasteiger partial charge >= 0.3 is 0 Å². The van der Waals surface area contributed by atoms with Gasteiger partial charge < -0.3 is 9.67 Å². The number of nitrogens with one attached hydrogen (secondary N) is 1. The number of unbranched alkanes of at least 4 members (excludes halogenated alkanes) is 1. The summed E-state index contributed by atoms with van der Waals surface area (Å²) in [7, 11) is -3.53. The van der Waals surface area contributed by atoms with Crippen LogP contribution in [0.4, 0.5) is 0 Å². The summed E-state index contributed by atoms with van der Waals surface area (Å²) < 4.78 is 29.9. The van der Waals surface area contributed by atoms with Gasteiger partial charge in [0.25, 0.3) is 0 Å². The van der Waals surface area contributed by atoms with Crippen LogP contribution in [0.2, 0.25) is 0 Å². The van der Waals surface area contributed by atoms with Gasteiger partial charge in [0, 0.05) is 31.7 Å². The summed E-state index contributed by atoms with van der Waals surface area (Å²) in [6.07, 6.45) is 9.62. The van der Waals surface area contributed by atoms with E-state index in [2.05, 4.69) is 14.8 Å². The predicted octanol–water partition coefficient (Wildman–Crippen LogP) is -0.169. The first-order valence-electron chi connectivity index (χ1n) is 6.70. The molecule has 0 amide bonds. The largest absolute Gasteiger partial charge is 0.394 e. The average Bonchev–Trinajstić information content (AvgIpc) is 3.10. The van der Waals surface area contributed by atoms with Gasteiger partial charge in [-0.3, -0.25) is 4.68 Å². The Bertz CT molecular complexity index is 636. The van der Waals surface area contributed by atoms with E-state index in [1.54, 1.807) is 12.5 Å². The van der Waals surface area contributed by atoms with Crippen molar-refractivity contribution < 1.29 is 13.5 Å². The highest BCUT2D eigenvalue weighted by atomic mass is 32.2. The van der Waals surface area contributed by atoms with Gasteiger partial charge in [0.1, 0.15) is 4.90 Å². The van der Waals surface area contributed by atoms with Crippen LogP contribution < -0.4 is 4.72 Å². The van der Waals surface area contributed by atoms with Gasteiger partial charge in [-0.05, 0) is 12.8 Å². The summed E-state index contributed by atoms with van der Waals surface area (Å²) in [6.45, 7) is 1.39. The first kappa shape index (κ1) is 15.7. The van der Waals surface area contributed by atoms with Crippen molar-refractivity contribution in [1.82, 2.24) is 24.1 Å². The molecule has 0 fully saturated rings. The van der Waals surface area contributed by atoms with Crippen LogP contribution in [-0.2, 0) is 23.1 Å². The van der Waals surface area contributed by atoms with Crippen molar-refractivity contribution in [1.29, 1.82) is 0 Å². The molecule has 0 saturated heterocycles. The fourth-order valence-electron chi connectivity index (χ4n) is 1.84. The third kappa shape index (κ3) is 4.66. The zero-order valence-corrected chi connectivity index (χ0v) is 12.4. The van der Waals surface area contributed by atoms with E-state index in [-0.39, 0.29) is 18.0 Å². The first-order valence-corrected chi connectivity index (χ1v) is 8.19. The Morgan fingerprint density at radius 3 is 2.86 bits per heavy atom. The van der Waals surface area contributed by atoms with Gasteiger partial charge in [-0.1, -0.05) is 0 Å². The smallest absolute Gasteiger partial charge is 0.243 e. The summed E-state index contributed by atoms with van der Waals surface area (Å²) in [5.41, 5.74) is 0. The van der Waals surface area contributed by atoms with Crippen molar-refractivity contribution in [2.75, 3.05) is 13.2 Å². The standard InChI is InChI=1S/C12H19N5O3S/c18-8-7-17-10-12(9-14-17)21(19,20)15-3-1-2-5-16-6-4-13-11-16/h4,6,9-11,15,18H,1-3,5,7-8H2. The summed E-state index contributed by atoms with van der Waals surface area (Å²) >= 11 is 0. The van der Waals surface area contributed by atoms with Crippen molar-refractivity contribution in [2.24, 2.45) is 0 Å². The van der Waals surface area contributed by atoms with Crippen LogP contribution in [0.3, 0.4) is 0 Å². The highest BCUT2D eigenvalue weighted by Gasteiger charge is 2.15. The van der Waals surface area contributed by atoms with E-state index in [9.17, 15) is 8.42 Å². The molecule has 0 atom stereocenters. The SMILES string of the molecule is O=S(=O)(NCCCCn1ccnc1)c1cnn(CCO)c1. The van der Waals surface area contributed by atoms with Crippen LogP contribution in [0.25, 0.3) is 0 Å². The van der Waals surface area contributed by atoms with Gasteiger partial charge in [-0.2, -0.15) is 5.10 Å². The minimum absolute atomic E-state index is 0.0805. The molecule has 0 aliphatic heterocycles. The van der Waals surface area contributed by atoms with E-state index in [1.165, 1.54) is 17.1 Å². The molecule has 2 aromatic rings. The van der Waals surface area contributed by atoms with E-state index in [0.717, 1.165) is 19.4 Å². The first-order chi connectivity index (χ1) is 10.1. The molecule has 2 rings (SSSR count). The van der Waals surface area contributed by atoms with E-state index in [4.69, 9.17) is 5.11 Å². The minimum Gasteiger partial charge on any atom is -0.394 e. The second-order valence-corrected chi connectivity index (χ2v) is 6.34. The van der Waals surface area contributed by atoms with E-state index < -0.39 is 10.0 Å². The van der Waals surface area contributed by atoms with Gasteiger partial charge in [-0.25, -0.2) is 18.1 Å². The molecule has 116 valence electrons. The molecule has 21 heavy (non-hydrogen) atoms. The highest BCUT2D eigenvalue weighted by Crippen LogP contribution is 2.07. The summed E-state index contributed by atoms with van der Waals surface area (Å²) in [6, 6.07) is 0. The lowest BCUT2D eigenvalue weighted by molar-refractivity contribution is 0.269. The molecule has 9 heteroatoms. The van der Waals surface area contributed by atoms with Gasteiger partial charge in [0.15, 0.2) is 0 Å². The second-order valence-electron chi connectivity index (χ2n) is 4.57. The van der Waals surface area contributed by atoms with Gasteiger partial charge in [-0.15, -0.1) is 0 Å². The summed E-state index contributed by atoms with van der Waals surface area (Å²) in [5.74, 6) is 0. The maximum Gasteiger partial charge on any atom is 0.243 e. The van der Waals surface area contributed by atoms with E-state index in [1.807, 2.05) is 10.8 Å². The molecular weight excluding hydrogens is 294 g/mol. The number of aromatic nitrogens is 4. The quantitative estimate of drug-likeness (QED) is 0.626. The van der Waals surface area contributed by atoms with Crippen LogP contribution >= 0.6 is 0 Å². The Hall–Kier alpha value is -1.71. The second kappa shape index (κ2) is 7.34. The lowest BCUT2D eigenvalue weighted by atomic mass is 10.3. The molecule has 0 aliphatic rings. The molecule has 8 nitrogen and oxygen atoms in total. The van der Waals surface area contributed by atoms with Crippen LogP contribution in [0.1, 0.15) is 12.8 Å². The number of aliphatic hydroxyl groups is 1. The number of aliphatic hydroxyl groups excluding tert-OH is 1. The Kier molecular flexibility index (Phi) is 5.48. The molecule has 0 aliphatic carbocycles. The molecule has 2 aromatic heterocycles. The normalized spacial score (nSPS) is 11.9. The fraction of sp³-hybridized carbons (Fsp3) is 0.500. The van der Waals surface area contributed by atoms with E-state index >= 15 is 0 Å². The Morgan fingerprint density at radius 2 is 2.14 bits per heavy atom. The zero-order valence-electron chi connectivity index (χ0n) is 11.6. The number of rotatable bonds is 9. The van der Waals surface area contributed by atoms with E-state index in [0.29, 0.717) is 6.54 Å². The third-order valence-corrected chi connectivity index (χ3v) is 4.36. The minimum atomic E-state index is -3.53. The maximum atomic E-state index is 12.0. The Morgan fingerprint density at radius 1 is 1.29 bits per heavy atom. The van der Waals surface area contributed by atoms with Crippen molar-refractivity contribution in [3.05, 3.63) is 31.1 Å². The topological polar surface area (TPSA) is 102 Å². The monoisotopic (exact) mass is 313 g/mol. The number of sulfonamides is 1. The highest BCUT2D eigenvalue weighted by molar-refractivity contribution is 7.89. The van der Waals surface area contributed by atoms with Crippen LogP contribution in [0.15, 0.2) is 36.0 Å². The molecule has 0 radical (unpaired) electrons. The molecule has 2 N–H and O–H groups in total. The average molecular weight is 313 g/mol. The lowest BCUT2D eigenvalue weighted by Crippen LogP contribution is -2.24. The molecule has 0 bridgehead atoms. The molecular formula is C12H19N5O3S. The van der Waals surface area contributed by atoms with Crippen LogP contribution in [-0.4, -0.2) is 46.0 Å². The molecule has 0 unspecified atom stereocenters. The summed E-state index contributed by atoms with van der Waals surface area (Å²) in [4.78, 5) is 4.06. The molecule has 2 heterocycles. The number of aryl methyl sites for hydroxylation is 1. The fourth-order valence-corrected chi connectivity index (χ4v) is 2.86. The van der Waals surface area contributed by atoms with Crippen LogP contribution in [0, 0.1) is 0 Å². The number of nitrogens with zero attached hydrogens (tertiary/aromatic N) is 4. The lowest BCUT2D eigenvalue weighted by Gasteiger charge is -2.05. The van der Waals surface area contributed by atoms with Crippen molar-refractivity contribution >= 4 is 10.0 Å². The van der Waals surface area contributed by atoms with Gasteiger partial charge in [0.05, 0.1) is 25.7 Å². The predicted molar refractivity (Wildman–Crippen MR) is 76.0 cm³/mol. The number of imidazole rings is 1. The molecule has 0 aromatic carbocycles. The Balaban J connectivity index is 1.75. The van der Waals surface area contributed by atoms with Crippen molar-refractivity contribution in [3.8, 4) is 0 Å². The zero-order chi connectivity index (χ0) is 15.1. The van der Waals surface area contributed by atoms with Crippen molar-refractivity contribution in [2.45, 2.75) is 30.8 Å². The maximum absolute atomic E-state index is 12.0. The number of hydrogen-bond donors (Lipinski definition) is 2. The molecule has 0 saturated carbocycles. The van der Waals surface area contributed by atoms with Gasteiger partial charge in [0.2, 0.25) is 10.0 Å². The molecule has 0 spiro atoms. The van der Waals surface area contributed by atoms with Crippen molar-refractivity contribution in [3.63, 3.8) is 0 Å². The Labute approximate surface area is 123 Å². The van der Waals surface area contributed by atoms with Crippen LogP contribution in [0.5, 0.6) is 0 Å². The summed E-state index contributed by atoms with van der Waals surface area (Å²) in [5, 5.41) is 12.7. The third-order valence-electron chi connectivity index (χ3n) is 2.94.